The first kappa shape index (κ1) is 12.7. The van der Waals surface area contributed by atoms with Gasteiger partial charge in [-0.2, -0.15) is 5.26 Å². The molecular formula is C14H9N3OS2. The van der Waals surface area contributed by atoms with Crippen LogP contribution < -0.4 is 11.1 Å². The molecule has 4 nitrogen and oxygen atoms in total. The summed E-state index contributed by atoms with van der Waals surface area (Å²) >= 11 is 3.04. The Morgan fingerprint density at radius 1 is 1.25 bits per heavy atom. The van der Waals surface area contributed by atoms with E-state index >= 15 is 0 Å². The SMILES string of the molecule is N#Cc1cc(N)ccc1NC(=O)c1cc2sccc2s1. The number of carbonyl (C=O) groups is 1. The van der Waals surface area contributed by atoms with Crippen LogP contribution in [0.4, 0.5) is 11.4 Å². The van der Waals surface area contributed by atoms with Gasteiger partial charge < -0.3 is 11.1 Å². The van der Waals surface area contributed by atoms with Crippen LogP contribution in [0.15, 0.2) is 35.7 Å². The highest BCUT2D eigenvalue weighted by Gasteiger charge is 2.13. The van der Waals surface area contributed by atoms with Gasteiger partial charge >= 0.3 is 0 Å². The summed E-state index contributed by atoms with van der Waals surface area (Å²) in [6, 6.07) is 10.7. The average molecular weight is 299 g/mol. The fourth-order valence-electron chi connectivity index (χ4n) is 1.82. The minimum absolute atomic E-state index is 0.209. The summed E-state index contributed by atoms with van der Waals surface area (Å²) in [5.74, 6) is -0.209. The van der Waals surface area contributed by atoms with Crippen LogP contribution in [0.1, 0.15) is 15.2 Å². The zero-order valence-corrected chi connectivity index (χ0v) is 11.8. The van der Waals surface area contributed by atoms with Crippen molar-refractivity contribution < 1.29 is 4.79 Å². The van der Waals surface area contributed by atoms with Crippen LogP contribution in [-0.2, 0) is 0 Å². The zero-order valence-electron chi connectivity index (χ0n) is 10.2. The molecule has 0 aliphatic rings. The molecule has 0 bridgehead atoms. The Kier molecular flexibility index (Phi) is 3.14. The maximum Gasteiger partial charge on any atom is 0.265 e. The Morgan fingerprint density at radius 3 is 2.85 bits per heavy atom. The highest BCUT2D eigenvalue weighted by atomic mass is 32.1. The number of nitrogens with zero attached hydrogens (tertiary/aromatic N) is 1. The third kappa shape index (κ3) is 2.25. The number of benzene rings is 1. The lowest BCUT2D eigenvalue weighted by Gasteiger charge is -2.06. The number of nitrogens with two attached hydrogens (primary N) is 1. The Hall–Kier alpha value is -2.36. The molecule has 0 saturated carbocycles. The second-order valence-corrected chi connectivity index (χ2v) is 6.16. The van der Waals surface area contributed by atoms with E-state index < -0.39 is 0 Å². The molecule has 98 valence electrons. The van der Waals surface area contributed by atoms with E-state index in [0.29, 0.717) is 21.8 Å². The molecule has 0 atom stereocenters. The minimum Gasteiger partial charge on any atom is -0.399 e. The number of nitrogen functional groups attached to an aromatic ring is 1. The van der Waals surface area contributed by atoms with E-state index in [0.717, 1.165) is 9.40 Å². The molecule has 0 spiro atoms. The van der Waals surface area contributed by atoms with Crippen molar-refractivity contribution in [3.63, 3.8) is 0 Å². The van der Waals surface area contributed by atoms with Crippen LogP contribution in [0.25, 0.3) is 9.40 Å². The maximum atomic E-state index is 12.2. The van der Waals surface area contributed by atoms with Gasteiger partial charge in [0.05, 0.1) is 16.1 Å². The first-order chi connectivity index (χ1) is 9.67. The van der Waals surface area contributed by atoms with Gasteiger partial charge in [-0.3, -0.25) is 4.79 Å². The summed E-state index contributed by atoms with van der Waals surface area (Å²) in [5.41, 5.74) is 6.95. The number of thiophene rings is 2. The lowest BCUT2D eigenvalue weighted by molar-refractivity contribution is 0.103. The molecule has 1 aromatic carbocycles. The highest BCUT2D eigenvalue weighted by Crippen LogP contribution is 2.30. The fourth-order valence-corrected chi connectivity index (χ4v) is 3.83. The second-order valence-electron chi connectivity index (χ2n) is 4.13. The molecule has 3 aromatic rings. The van der Waals surface area contributed by atoms with Crippen molar-refractivity contribution in [1.29, 1.82) is 5.26 Å². The second kappa shape index (κ2) is 4.96. The van der Waals surface area contributed by atoms with Gasteiger partial charge in [0.25, 0.3) is 5.91 Å². The van der Waals surface area contributed by atoms with E-state index in [2.05, 4.69) is 5.32 Å². The monoisotopic (exact) mass is 299 g/mol. The Bertz CT molecular complexity index is 813. The number of hydrogen-bond acceptors (Lipinski definition) is 5. The lowest BCUT2D eigenvalue weighted by atomic mass is 10.1. The van der Waals surface area contributed by atoms with E-state index in [1.54, 1.807) is 29.5 Å². The quantitative estimate of drug-likeness (QED) is 0.709. The topological polar surface area (TPSA) is 78.9 Å². The number of carbonyl (C=O) groups excluding carboxylic acids is 1. The average Bonchev–Trinajstić information content (AvgIpc) is 3.01. The van der Waals surface area contributed by atoms with Crippen molar-refractivity contribution in [2.45, 2.75) is 0 Å². The number of anilines is 2. The summed E-state index contributed by atoms with van der Waals surface area (Å²) < 4.78 is 2.19. The number of nitriles is 1. The molecule has 6 heteroatoms. The molecule has 2 aromatic heterocycles. The molecule has 0 fully saturated rings. The predicted octanol–water partition coefficient (Wildman–Crippen LogP) is 3.67. The largest absolute Gasteiger partial charge is 0.399 e. The van der Waals surface area contributed by atoms with Crippen molar-refractivity contribution >= 4 is 49.4 Å². The van der Waals surface area contributed by atoms with Crippen molar-refractivity contribution in [3.05, 3.63) is 46.2 Å². The summed E-state index contributed by atoms with van der Waals surface area (Å²) in [5, 5.41) is 13.8. The van der Waals surface area contributed by atoms with E-state index in [4.69, 9.17) is 11.0 Å². The van der Waals surface area contributed by atoms with Gasteiger partial charge in [-0.25, -0.2) is 0 Å². The number of hydrogen-bond donors (Lipinski definition) is 2. The fraction of sp³-hybridized carbons (Fsp3) is 0. The lowest BCUT2D eigenvalue weighted by Crippen LogP contribution is -2.11. The Labute approximate surface area is 123 Å². The van der Waals surface area contributed by atoms with Gasteiger partial charge in [-0.1, -0.05) is 0 Å². The molecule has 0 radical (unpaired) electrons. The standard InChI is InChI=1S/C14H9N3OS2/c15-7-8-5-9(16)1-2-10(8)17-14(18)13-6-12-11(20-13)3-4-19-12/h1-6H,16H2,(H,17,18). The summed E-state index contributed by atoms with van der Waals surface area (Å²) in [6.45, 7) is 0. The number of nitrogens with one attached hydrogen (secondary N) is 1. The van der Waals surface area contributed by atoms with Gasteiger partial charge in [0.2, 0.25) is 0 Å². The van der Waals surface area contributed by atoms with Gasteiger partial charge in [0.15, 0.2) is 0 Å². The van der Waals surface area contributed by atoms with Crippen LogP contribution >= 0.6 is 22.7 Å². The molecular weight excluding hydrogens is 290 g/mol. The molecule has 0 aliphatic heterocycles. The van der Waals surface area contributed by atoms with Crippen LogP contribution in [0.5, 0.6) is 0 Å². The van der Waals surface area contributed by atoms with Crippen LogP contribution in [0, 0.1) is 11.3 Å². The van der Waals surface area contributed by atoms with Gasteiger partial charge in [-0.15, -0.1) is 22.7 Å². The van der Waals surface area contributed by atoms with E-state index in [9.17, 15) is 4.79 Å². The molecule has 0 saturated heterocycles. The molecule has 0 aliphatic carbocycles. The summed E-state index contributed by atoms with van der Waals surface area (Å²) in [4.78, 5) is 12.8. The molecule has 3 rings (SSSR count). The highest BCUT2D eigenvalue weighted by molar-refractivity contribution is 7.27. The zero-order chi connectivity index (χ0) is 14.1. The Balaban J connectivity index is 1.89. The smallest absolute Gasteiger partial charge is 0.265 e. The van der Waals surface area contributed by atoms with Crippen LogP contribution in [0.3, 0.4) is 0 Å². The third-order valence-electron chi connectivity index (χ3n) is 2.78. The van der Waals surface area contributed by atoms with E-state index in [1.165, 1.54) is 11.3 Å². The van der Waals surface area contributed by atoms with E-state index in [-0.39, 0.29) is 5.91 Å². The van der Waals surface area contributed by atoms with Crippen molar-refractivity contribution in [2.24, 2.45) is 0 Å². The minimum atomic E-state index is -0.209. The van der Waals surface area contributed by atoms with E-state index in [1.807, 2.05) is 23.6 Å². The van der Waals surface area contributed by atoms with Gasteiger partial charge in [-0.05, 0) is 35.7 Å². The van der Waals surface area contributed by atoms with Crippen molar-refractivity contribution in [1.82, 2.24) is 0 Å². The number of fused-ring (bicyclic) bond motifs is 1. The predicted molar refractivity (Wildman–Crippen MR) is 83.2 cm³/mol. The van der Waals surface area contributed by atoms with Gasteiger partial charge in [0, 0.05) is 15.1 Å². The molecule has 3 N–H and O–H groups in total. The third-order valence-corrected chi connectivity index (χ3v) is 4.87. The number of amides is 1. The molecule has 1 amide bonds. The molecule has 0 unspecified atom stereocenters. The van der Waals surface area contributed by atoms with Crippen LogP contribution in [0.2, 0.25) is 0 Å². The number of rotatable bonds is 2. The normalized spacial score (nSPS) is 10.3. The van der Waals surface area contributed by atoms with Crippen molar-refractivity contribution in [3.8, 4) is 6.07 Å². The molecule has 20 heavy (non-hydrogen) atoms. The van der Waals surface area contributed by atoms with Crippen LogP contribution in [-0.4, -0.2) is 5.91 Å². The summed E-state index contributed by atoms with van der Waals surface area (Å²) in [7, 11) is 0. The van der Waals surface area contributed by atoms with Gasteiger partial charge in [0.1, 0.15) is 6.07 Å². The van der Waals surface area contributed by atoms with Crippen molar-refractivity contribution in [2.75, 3.05) is 11.1 Å². The first-order valence-corrected chi connectivity index (χ1v) is 7.45. The molecule has 2 heterocycles. The summed E-state index contributed by atoms with van der Waals surface area (Å²) in [6.07, 6.45) is 0. The first-order valence-electron chi connectivity index (χ1n) is 5.75. The Morgan fingerprint density at radius 2 is 2.10 bits per heavy atom. The maximum absolute atomic E-state index is 12.2.